The Morgan fingerprint density at radius 2 is 1.55 bits per heavy atom. The van der Waals surface area contributed by atoms with Crippen molar-refractivity contribution in [2.75, 3.05) is 6.61 Å². The first-order chi connectivity index (χ1) is 13.8. The van der Waals surface area contributed by atoms with E-state index >= 15 is 0 Å². The Balaban J connectivity index is 2.12. The van der Waals surface area contributed by atoms with Crippen LogP contribution in [0.3, 0.4) is 0 Å². The van der Waals surface area contributed by atoms with Crippen LogP contribution in [0, 0.1) is 17.5 Å². The average Bonchev–Trinajstić information content (AvgIpc) is 2.68. The Kier molecular flexibility index (Phi) is 8.17. The van der Waals surface area contributed by atoms with Crippen LogP contribution >= 0.6 is 0 Å². The highest BCUT2D eigenvalue weighted by Crippen LogP contribution is 2.32. The SMILES string of the molecule is CCCc1ccc(CCCC(=O)c2ccc(OCC)c(F)c2C(F)F)c(F)c1F. The molecule has 0 atom stereocenters. The van der Waals surface area contributed by atoms with Crippen LogP contribution in [0.2, 0.25) is 0 Å². The lowest BCUT2D eigenvalue weighted by molar-refractivity contribution is 0.0962. The zero-order valence-corrected chi connectivity index (χ0v) is 16.3. The number of hydrogen-bond donors (Lipinski definition) is 0. The summed E-state index contributed by atoms with van der Waals surface area (Å²) in [5, 5.41) is 0. The first-order valence-electron chi connectivity index (χ1n) is 9.54. The van der Waals surface area contributed by atoms with E-state index in [1.807, 2.05) is 6.92 Å². The maximum absolute atomic E-state index is 14.3. The number of ketones is 1. The molecule has 0 heterocycles. The first-order valence-corrected chi connectivity index (χ1v) is 9.54. The second-order valence-corrected chi connectivity index (χ2v) is 6.61. The monoisotopic (exact) mass is 414 g/mol. The van der Waals surface area contributed by atoms with E-state index in [-0.39, 0.29) is 42.7 Å². The molecular weight excluding hydrogens is 391 g/mol. The molecule has 7 heteroatoms. The van der Waals surface area contributed by atoms with Crippen molar-refractivity contribution in [1.82, 2.24) is 0 Å². The first kappa shape index (κ1) is 22.8. The van der Waals surface area contributed by atoms with Crippen molar-refractivity contribution >= 4 is 5.78 Å². The average molecular weight is 414 g/mol. The molecule has 0 aliphatic rings. The minimum atomic E-state index is -3.19. The van der Waals surface area contributed by atoms with Crippen molar-refractivity contribution in [3.63, 3.8) is 0 Å². The second-order valence-electron chi connectivity index (χ2n) is 6.61. The fourth-order valence-corrected chi connectivity index (χ4v) is 3.16. The number of hydrogen-bond acceptors (Lipinski definition) is 2. The molecule has 0 saturated carbocycles. The van der Waals surface area contributed by atoms with Crippen molar-refractivity contribution in [1.29, 1.82) is 0 Å². The molecule has 0 bridgehead atoms. The van der Waals surface area contributed by atoms with Gasteiger partial charge in [0.2, 0.25) is 0 Å². The molecule has 0 amide bonds. The lowest BCUT2D eigenvalue weighted by atomic mass is 9.97. The predicted octanol–water partition coefficient (Wildman–Crippen LogP) is 6.60. The lowest BCUT2D eigenvalue weighted by Crippen LogP contribution is -2.09. The molecule has 0 fully saturated rings. The van der Waals surface area contributed by atoms with Crippen LogP contribution in [-0.2, 0) is 12.8 Å². The molecule has 2 nitrogen and oxygen atoms in total. The van der Waals surface area contributed by atoms with Crippen LogP contribution in [0.5, 0.6) is 5.75 Å². The summed E-state index contributed by atoms with van der Waals surface area (Å²) in [6.07, 6.45) is -2.13. The van der Waals surface area contributed by atoms with Gasteiger partial charge in [0, 0.05) is 12.0 Å². The highest BCUT2D eigenvalue weighted by Gasteiger charge is 2.25. The fraction of sp³-hybridized carbons (Fsp3) is 0.409. The number of ether oxygens (including phenoxy) is 1. The van der Waals surface area contributed by atoms with Gasteiger partial charge in [0.15, 0.2) is 29.0 Å². The Bertz CT molecular complexity index is 865. The molecule has 2 aromatic rings. The van der Waals surface area contributed by atoms with Gasteiger partial charge in [-0.25, -0.2) is 22.0 Å². The van der Waals surface area contributed by atoms with Gasteiger partial charge in [0.25, 0.3) is 6.43 Å². The number of rotatable bonds is 10. The third kappa shape index (κ3) is 5.34. The van der Waals surface area contributed by atoms with Gasteiger partial charge in [0.05, 0.1) is 12.2 Å². The minimum Gasteiger partial charge on any atom is -0.491 e. The zero-order chi connectivity index (χ0) is 21.6. The third-order valence-electron chi connectivity index (χ3n) is 4.57. The molecule has 0 spiro atoms. The van der Waals surface area contributed by atoms with Crippen LogP contribution in [0.4, 0.5) is 22.0 Å². The van der Waals surface area contributed by atoms with E-state index < -0.39 is 40.8 Å². The van der Waals surface area contributed by atoms with Gasteiger partial charge in [-0.05, 0) is 49.4 Å². The number of benzene rings is 2. The molecule has 29 heavy (non-hydrogen) atoms. The molecule has 0 aliphatic carbocycles. The molecule has 0 aliphatic heterocycles. The predicted molar refractivity (Wildman–Crippen MR) is 100 cm³/mol. The maximum Gasteiger partial charge on any atom is 0.267 e. The molecule has 0 saturated heterocycles. The summed E-state index contributed by atoms with van der Waals surface area (Å²) in [6.45, 7) is 3.53. The smallest absolute Gasteiger partial charge is 0.267 e. The zero-order valence-electron chi connectivity index (χ0n) is 16.3. The van der Waals surface area contributed by atoms with Gasteiger partial charge in [-0.3, -0.25) is 4.79 Å². The van der Waals surface area contributed by atoms with E-state index in [0.717, 1.165) is 12.1 Å². The number of aryl methyl sites for hydroxylation is 2. The number of halogens is 5. The van der Waals surface area contributed by atoms with Gasteiger partial charge in [-0.15, -0.1) is 0 Å². The van der Waals surface area contributed by atoms with Crippen LogP contribution in [0.1, 0.15) is 66.6 Å². The molecule has 2 rings (SSSR count). The van der Waals surface area contributed by atoms with Crippen molar-refractivity contribution in [2.45, 2.75) is 52.4 Å². The topological polar surface area (TPSA) is 26.3 Å². The Morgan fingerprint density at radius 3 is 2.10 bits per heavy atom. The fourth-order valence-electron chi connectivity index (χ4n) is 3.16. The summed E-state index contributed by atoms with van der Waals surface area (Å²) in [6, 6.07) is 5.22. The lowest BCUT2D eigenvalue weighted by Gasteiger charge is -2.13. The highest BCUT2D eigenvalue weighted by molar-refractivity contribution is 5.97. The van der Waals surface area contributed by atoms with Gasteiger partial charge in [0.1, 0.15) is 0 Å². The standard InChI is InChI=1S/C22H23F5O2/c1-3-6-13-9-10-14(20(24)19(13)23)7-5-8-16(28)15-11-12-17(29-4-2)21(25)18(15)22(26)27/h9-12,22H,3-8H2,1-2H3. The van der Waals surface area contributed by atoms with Crippen molar-refractivity contribution < 1.29 is 31.5 Å². The van der Waals surface area contributed by atoms with E-state index in [4.69, 9.17) is 4.74 Å². The summed E-state index contributed by atoms with van der Waals surface area (Å²) in [5.74, 6) is -4.14. The van der Waals surface area contributed by atoms with Crippen molar-refractivity contribution in [2.24, 2.45) is 0 Å². The number of Topliss-reactive ketones (excluding diaryl/α,β-unsaturated/α-hetero) is 1. The summed E-state index contributed by atoms with van der Waals surface area (Å²) < 4.78 is 74.0. The van der Waals surface area contributed by atoms with E-state index in [0.29, 0.717) is 12.8 Å². The molecule has 0 N–H and O–H groups in total. The van der Waals surface area contributed by atoms with Crippen LogP contribution in [0.25, 0.3) is 0 Å². The van der Waals surface area contributed by atoms with E-state index in [9.17, 15) is 26.7 Å². The van der Waals surface area contributed by atoms with Crippen molar-refractivity contribution in [3.05, 3.63) is 64.0 Å². The Hall–Kier alpha value is -2.44. The summed E-state index contributed by atoms with van der Waals surface area (Å²) >= 11 is 0. The van der Waals surface area contributed by atoms with Gasteiger partial charge >= 0.3 is 0 Å². The molecule has 0 radical (unpaired) electrons. The van der Waals surface area contributed by atoms with E-state index in [1.54, 1.807) is 6.92 Å². The number of carbonyl (C=O) groups excluding carboxylic acids is 1. The molecule has 2 aromatic carbocycles. The normalized spacial score (nSPS) is 11.2. The van der Waals surface area contributed by atoms with Crippen LogP contribution < -0.4 is 4.74 Å². The van der Waals surface area contributed by atoms with Crippen molar-refractivity contribution in [3.8, 4) is 5.75 Å². The van der Waals surface area contributed by atoms with Gasteiger partial charge in [-0.1, -0.05) is 25.5 Å². The molecule has 158 valence electrons. The second kappa shape index (κ2) is 10.4. The Labute approximate surface area is 166 Å². The van der Waals surface area contributed by atoms with Gasteiger partial charge in [-0.2, -0.15) is 0 Å². The number of alkyl halides is 2. The summed E-state index contributed by atoms with van der Waals surface area (Å²) in [5.41, 5.74) is -1.02. The van der Waals surface area contributed by atoms with Crippen LogP contribution in [0.15, 0.2) is 24.3 Å². The maximum atomic E-state index is 14.3. The van der Waals surface area contributed by atoms with Gasteiger partial charge < -0.3 is 4.74 Å². The Morgan fingerprint density at radius 1 is 0.931 bits per heavy atom. The molecule has 0 unspecified atom stereocenters. The summed E-state index contributed by atoms with van der Waals surface area (Å²) in [7, 11) is 0. The number of carbonyl (C=O) groups is 1. The molecule has 0 aromatic heterocycles. The quantitative estimate of drug-likeness (QED) is 0.323. The highest BCUT2D eigenvalue weighted by atomic mass is 19.3. The summed E-state index contributed by atoms with van der Waals surface area (Å²) in [4.78, 5) is 12.4. The minimum absolute atomic E-state index is 0.0599. The van der Waals surface area contributed by atoms with E-state index in [1.165, 1.54) is 12.1 Å². The molecular formula is C22H23F5O2. The van der Waals surface area contributed by atoms with Crippen LogP contribution in [-0.4, -0.2) is 12.4 Å². The largest absolute Gasteiger partial charge is 0.491 e. The van der Waals surface area contributed by atoms with E-state index in [2.05, 4.69) is 0 Å². The third-order valence-corrected chi connectivity index (χ3v) is 4.57.